The first-order chi connectivity index (χ1) is 11.0. The van der Waals surface area contributed by atoms with E-state index >= 15 is 0 Å². The van der Waals surface area contributed by atoms with Crippen molar-refractivity contribution in [2.24, 2.45) is 5.92 Å². The van der Waals surface area contributed by atoms with Crippen molar-refractivity contribution in [3.05, 3.63) is 40.4 Å². The van der Waals surface area contributed by atoms with Crippen LogP contribution in [0.2, 0.25) is 0 Å². The third kappa shape index (κ3) is 3.79. The number of carboxylic acids is 1. The van der Waals surface area contributed by atoms with Crippen LogP contribution in [0.5, 0.6) is 0 Å². The number of aromatic nitrogens is 1. The third-order valence-electron chi connectivity index (χ3n) is 4.31. The lowest BCUT2D eigenvalue weighted by Gasteiger charge is -2.30. The van der Waals surface area contributed by atoms with Crippen LogP contribution < -0.4 is 0 Å². The van der Waals surface area contributed by atoms with Crippen molar-refractivity contribution in [3.63, 3.8) is 0 Å². The van der Waals surface area contributed by atoms with Crippen molar-refractivity contribution in [3.8, 4) is 10.6 Å². The van der Waals surface area contributed by atoms with Crippen LogP contribution >= 0.6 is 11.3 Å². The van der Waals surface area contributed by atoms with Crippen molar-refractivity contribution >= 4 is 17.3 Å². The van der Waals surface area contributed by atoms with Gasteiger partial charge in [0.1, 0.15) is 9.88 Å². The van der Waals surface area contributed by atoms with Gasteiger partial charge in [0.2, 0.25) is 0 Å². The minimum absolute atomic E-state index is 0.329. The molecule has 1 aliphatic heterocycles. The average Bonchev–Trinajstić information content (AvgIpc) is 2.90. The third-order valence-corrected chi connectivity index (χ3v) is 5.51. The average molecular weight is 330 g/mol. The predicted octanol–water partition coefficient (Wildman–Crippen LogP) is 4.05. The van der Waals surface area contributed by atoms with Crippen LogP contribution in [0.4, 0.5) is 0 Å². The Labute approximate surface area is 140 Å². The number of aromatic carboxylic acids is 1. The quantitative estimate of drug-likeness (QED) is 0.919. The summed E-state index contributed by atoms with van der Waals surface area (Å²) in [6, 6.07) is 8.33. The summed E-state index contributed by atoms with van der Waals surface area (Å²) in [6.45, 7) is 7.34. The highest BCUT2D eigenvalue weighted by atomic mass is 32.1. The highest BCUT2D eigenvalue weighted by Crippen LogP contribution is 2.29. The number of nitrogens with zero attached hydrogens (tertiary/aromatic N) is 2. The van der Waals surface area contributed by atoms with Crippen molar-refractivity contribution in [2.45, 2.75) is 33.2 Å². The number of hydrogen-bond donors (Lipinski definition) is 1. The normalized spacial score (nSPS) is 19.0. The van der Waals surface area contributed by atoms with Gasteiger partial charge in [0.15, 0.2) is 0 Å². The molecule has 4 nitrogen and oxygen atoms in total. The van der Waals surface area contributed by atoms with Gasteiger partial charge in [-0.05, 0) is 43.9 Å². The fourth-order valence-electron chi connectivity index (χ4n) is 3.21. The van der Waals surface area contributed by atoms with E-state index in [0.717, 1.165) is 36.1 Å². The number of aryl methyl sites for hydroxylation is 1. The lowest BCUT2D eigenvalue weighted by atomic mass is 9.99. The van der Waals surface area contributed by atoms with Gasteiger partial charge in [0.25, 0.3) is 0 Å². The summed E-state index contributed by atoms with van der Waals surface area (Å²) in [7, 11) is 0. The maximum absolute atomic E-state index is 11.2. The molecular formula is C18H22N2O2S. The molecule has 1 unspecified atom stereocenters. The molecule has 1 N–H and O–H groups in total. The molecule has 23 heavy (non-hydrogen) atoms. The second-order valence-electron chi connectivity index (χ2n) is 6.42. The highest BCUT2D eigenvalue weighted by Gasteiger charge is 2.18. The van der Waals surface area contributed by atoms with E-state index in [4.69, 9.17) is 0 Å². The zero-order chi connectivity index (χ0) is 16.4. The van der Waals surface area contributed by atoms with Crippen LogP contribution in [-0.2, 0) is 6.54 Å². The summed E-state index contributed by atoms with van der Waals surface area (Å²) >= 11 is 1.25. The summed E-state index contributed by atoms with van der Waals surface area (Å²) in [5, 5.41) is 9.97. The van der Waals surface area contributed by atoms with Crippen molar-refractivity contribution in [1.29, 1.82) is 0 Å². The zero-order valence-corrected chi connectivity index (χ0v) is 14.4. The summed E-state index contributed by atoms with van der Waals surface area (Å²) in [5.41, 5.74) is 2.86. The minimum atomic E-state index is -0.898. The highest BCUT2D eigenvalue weighted by molar-refractivity contribution is 7.17. The molecule has 1 aromatic carbocycles. The summed E-state index contributed by atoms with van der Waals surface area (Å²) in [4.78, 5) is 18.4. The zero-order valence-electron chi connectivity index (χ0n) is 13.6. The van der Waals surface area contributed by atoms with Crippen molar-refractivity contribution < 1.29 is 9.90 Å². The molecule has 0 aliphatic carbocycles. The van der Waals surface area contributed by atoms with E-state index in [1.807, 2.05) is 12.1 Å². The van der Waals surface area contributed by atoms with Gasteiger partial charge >= 0.3 is 5.97 Å². The Kier molecular flexibility index (Phi) is 4.78. The van der Waals surface area contributed by atoms with E-state index in [0.29, 0.717) is 10.6 Å². The smallest absolute Gasteiger partial charge is 0.347 e. The molecule has 122 valence electrons. The fraction of sp³-hybridized carbons (Fsp3) is 0.444. The Balaban J connectivity index is 1.79. The van der Waals surface area contributed by atoms with E-state index in [2.05, 4.69) is 28.9 Å². The molecule has 2 aromatic rings. The number of rotatable bonds is 4. The molecule has 5 heteroatoms. The molecule has 0 radical (unpaired) electrons. The van der Waals surface area contributed by atoms with Gasteiger partial charge in [-0.25, -0.2) is 9.78 Å². The molecule has 3 rings (SSSR count). The van der Waals surface area contributed by atoms with Crippen LogP contribution in [0.25, 0.3) is 10.6 Å². The Morgan fingerprint density at radius 1 is 1.48 bits per heavy atom. The number of likely N-dealkylation sites (tertiary alicyclic amines) is 1. The summed E-state index contributed by atoms with van der Waals surface area (Å²) in [5.74, 6) is -0.128. The van der Waals surface area contributed by atoms with Crippen molar-refractivity contribution in [2.75, 3.05) is 13.1 Å². The van der Waals surface area contributed by atoms with Crippen LogP contribution in [-0.4, -0.2) is 34.0 Å². The maximum atomic E-state index is 11.2. The number of hydrogen-bond acceptors (Lipinski definition) is 4. The monoisotopic (exact) mass is 330 g/mol. The Hall–Kier alpha value is -1.72. The molecule has 0 saturated carbocycles. The van der Waals surface area contributed by atoms with Gasteiger partial charge in [-0.2, -0.15) is 0 Å². The molecular weight excluding hydrogens is 308 g/mol. The summed E-state index contributed by atoms with van der Waals surface area (Å²) in [6.07, 6.45) is 2.60. The van der Waals surface area contributed by atoms with Gasteiger partial charge in [-0.1, -0.05) is 25.1 Å². The first-order valence-corrected chi connectivity index (χ1v) is 8.87. The minimum Gasteiger partial charge on any atom is -0.477 e. The molecule has 0 spiro atoms. The lowest BCUT2D eigenvalue weighted by molar-refractivity contribution is 0.0701. The molecule has 2 heterocycles. The number of carboxylic acid groups (broad SMARTS) is 1. The SMILES string of the molecule is Cc1nc(-c2cccc(CN3CCCC(C)C3)c2)sc1C(=O)O. The van der Waals surface area contributed by atoms with Gasteiger partial charge < -0.3 is 5.11 Å². The Bertz CT molecular complexity index is 711. The van der Waals surface area contributed by atoms with Gasteiger partial charge in [-0.15, -0.1) is 11.3 Å². The van der Waals surface area contributed by atoms with Crippen LogP contribution in [0.1, 0.15) is 40.7 Å². The molecule has 1 aromatic heterocycles. The van der Waals surface area contributed by atoms with Crippen LogP contribution in [0.3, 0.4) is 0 Å². The summed E-state index contributed by atoms with van der Waals surface area (Å²) < 4.78 is 0. The number of benzene rings is 1. The largest absolute Gasteiger partial charge is 0.477 e. The molecule has 0 amide bonds. The topological polar surface area (TPSA) is 53.4 Å². The molecule has 1 atom stereocenters. The van der Waals surface area contributed by atoms with Crippen molar-refractivity contribution in [1.82, 2.24) is 9.88 Å². The molecule has 1 aliphatic rings. The van der Waals surface area contributed by atoms with Crippen LogP contribution in [0, 0.1) is 12.8 Å². The van der Waals surface area contributed by atoms with E-state index in [9.17, 15) is 9.90 Å². The Morgan fingerprint density at radius 2 is 2.30 bits per heavy atom. The predicted molar refractivity (Wildman–Crippen MR) is 92.9 cm³/mol. The molecule has 1 saturated heterocycles. The Morgan fingerprint density at radius 3 is 3.00 bits per heavy atom. The van der Waals surface area contributed by atoms with E-state index < -0.39 is 5.97 Å². The van der Waals surface area contributed by atoms with Gasteiger partial charge in [0, 0.05) is 18.7 Å². The second-order valence-corrected chi connectivity index (χ2v) is 7.42. The lowest BCUT2D eigenvalue weighted by Crippen LogP contribution is -2.33. The van der Waals surface area contributed by atoms with Gasteiger partial charge in [-0.3, -0.25) is 4.90 Å². The van der Waals surface area contributed by atoms with E-state index in [1.54, 1.807) is 6.92 Å². The second kappa shape index (κ2) is 6.81. The van der Waals surface area contributed by atoms with E-state index in [1.165, 1.54) is 29.7 Å². The maximum Gasteiger partial charge on any atom is 0.347 e. The fourth-order valence-corrected chi connectivity index (χ4v) is 4.11. The van der Waals surface area contributed by atoms with Crippen LogP contribution in [0.15, 0.2) is 24.3 Å². The van der Waals surface area contributed by atoms with E-state index in [-0.39, 0.29) is 0 Å². The number of carbonyl (C=O) groups is 1. The number of thiazole rings is 1. The standard InChI is InChI=1S/C18H22N2O2S/c1-12-5-4-8-20(10-12)11-14-6-3-7-15(9-14)17-19-13(2)16(23-17)18(21)22/h3,6-7,9,12H,4-5,8,10-11H2,1-2H3,(H,21,22). The first kappa shape index (κ1) is 16.1. The molecule has 0 bridgehead atoms. The van der Waals surface area contributed by atoms with Gasteiger partial charge in [0.05, 0.1) is 5.69 Å². The number of piperidine rings is 1. The molecule has 1 fully saturated rings. The first-order valence-electron chi connectivity index (χ1n) is 8.05.